The summed E-state index contributed by atoms with van der Waals surface area (Å²) in [7, 11) is 3.13. The smallest absolute Gasteiger partial charge is 0.191 e. The molecule has 3 heteroatoms. The lowest BCUT2D eigenvalue weighted by atomic mass is 10.0. The van der Waals surface area contributed by atoms with Crippen molar-refractivity contribution < 1.29 is 14.3 Å². The van der Waals surface area contributed by atoms with Crippen molar-refractivity contribution in [2.45, 2.75) is 12.7 Å². The van der Waals surface area contributed by atoms with Crippen LogP contribution in [0, 0.1) is 0 Å². The van der Waals surface area contributed by atoms with Crippen molar-refractivity contribution in [1.29, 1.82) is 0 Å². The fourth-order valence-corrected chi connectivity index (χ4v) is 1.21. The second-order valence-electron chi connectivity index (χ2n) is 3.10. The standard InChI is InChI=1S/C11H14O3/c1-11(13-2,14-3)10-6-4-5-9(7-10)8-12/h4-8H,1-3H3. The highest BCUT2D eigenvalue weighted by atomic mass is 16.7. The van der Waals surface area contributed by atoms with Gasteiger partial charge in [0.1, 0.15) is 6.29 Å². The molecular weight excluding hydrogens is 180 g/mol. The van der Waals surface area contributed by atoms with Gasteiger partial charge in [0.2, 0.25) is 0 Å². The van der Waals surface area contributed by atoms with E-state index >= 15 is 0 Å². The van der Waals surface area contributed by atoms with E-state index in [9.17, 15) is 4.79 Å². The average molecular weight is 194 g/mol. The highest BCUT2D eigenvalue weighted by Crippen LogP contribution is 2.25. The highest BCUT2D eigenvalue weighted by molar-refractivity contribution is 5.75. The maximum Gasteiger partial charge on any atom is 0.191 e. The summed E-state index contributed by atoms with van der Waals surface area (Å²) >= 11 is 0. The Balaban J connectivity index is 3.10. The maximum absolute atomic E-state index is 10.6. The Hall–Kier alpha value is -1.19. The Labute approximate surface area is 83.6 Å². The van der Waals surface area contributed by atoms with Gasteiger partial charge in [-0.3, -0.25) is 4.79 Å². The van der Waals surface area contributed by atoms with Crippen molar-refractivity contribution in [3.8, 4) is 0 Å². The number of carbonyl (C=O) groups excluding carboxylic acids is 1. The fourth-order valence-electron chi connectivity index (χ4n) is 1.21. The monoisotopic (exact) mass is 194 g/mol. The van der Waals surface area contributed by atoms with Crippen LogP contribution >= 0.6 is 0 Å². The molecule has 0 aliphatic rings. The Kier molecular flexibility index (Phi) is 3.38. The molecule has 0 aliphatic heterocycles. The van der Waals surface area contributed by atoms with Crippen molar-refractivity contribution in [3.05, 3.63) is 35.4 Å². The Morgan fingerprint density at radius 2 is 1.93 bits per heavy atom. The number of rotatable bonds is 4. The van der Waals surface area contributed by atoms with E-state index in [-0.39, 0.29) is 0 Å². The second kappa shape index (κ2) is 4.35. The first-order chi connectivity index (χ1) is 6.66. The summed E-state index contributed by atoms with van der Waals surface area (Å²) in [6.07, 6.45) is 0.801. The Morgan fingerprint density at radius 1 is 1.29 bits per heavy atom. The van der Waals surface area contributed by atoms with Crippen LogP contribution in [0.15, 0.2) is 24.3 Å². The molecular formula is C11H14O3. The molecule has 3 nitrogen and oxygen atoms in total. The van der Waals surface area contributed by atoms with Crippen LogP contribution in [0.4, 0.5) is 0 Å². The first-order valence-corrected chi connectivity index (χ1v) is 4.32. The summed E-state index contributed by atoms with van der Waals surface area (Å²) in [6.45, 7) is 1.80. The molecule has 0 fully saturated rings. The Morgan fingerprint density at radius 3 is 2.43 bits per heavy atom. The summed E-state index contributed by atoms with van der Waals surface area (Å²) in [5.74, 6) is -0.793. The molecule has 14 heavy (non-hydrogen) atoms. The van der Waals surface area contributed by atoms with Crippen LogP contribution < -0.4 is 0 Å². The molecule has 0 heterocycles. The minimum absolute atomic E-state index is 0.614. The highest BCUT2D eigenvalue weighted by Gasteiger charge is 2.25. The summed E-state index contributed by atoms with van der Waals surface area (Å²) in [4.78, 5) is 10.6. The van der Waals surface area contributed by atoms with Gasteiger partial charge in [-0.2, -0.15) is 0 Å². The van der Waals surface area contributed by atoms with Crippen molar-refractivity contribution >= 4 is 6.29 Å². The summed E-state index contributed by atoms with van der Waals surface area (Å²) < 4.78 is 10.5. The molecule has 0 bridgehead atoms. The zero-order valence-corrected chi connectivity index (χ0v) is 8.61. The largest absolute Gasteiger partial charge is 0.349 e. The minimum atomic E-state index is -0.793. The molecule has 1 rings (SSSR count). The lowest BCUT2D eigenvalue weighted by Crippen LogP contribution is -2.26. The van der Waals surface area contributed by atoms with E-state index < -0.39 is 5.79 Å². The topological polar surface area (TPSA) is 35.5 Å². The molecule has 1 aromatic carbocycles. The molecule has 1 aromatic rings. The van der Waals surface area contributed by atoms with Gasteiger partial charge < -0.3 is 9.47 Å². The van der Waals surface area contributed by atoms with Crippen molar-refractivity contribution in [2.24, 2.45) is 0 Å². The van der Waals surface area contributed by atoms with Gasteiger partial charge in [0.25, 0.3) is 0 Å². The van der Waals surface area contributed by atoms with Crippen LogP contribution in [0.25, 0.3) is 0 Å². The molecule has 0 saturated heterocycles. The van der Waals surface area contributed by atoms with Gasteiger partial charge in [-0.15, -0.1) is 0 Å². The quantitative estimate of drug-likeness (QED) is 0.543. The van der Waals surface area contributed by atoms with E-state index in [0.29, 0.717) is 5.56 Å². The molecule has 0 spiro atoms. The normalized spacial score (nSPS) is 11.4. The van der Waals surface area contributed by atoms with Gasteiger partial charge in [-0.1, -0.05) is 18.2 Å². The van der Waals surface area contributed by atoms with Gasteiger partial charge in [-0.05, 0) is 13.0 Å². The number of benzene rings is 1. The molecule has 0 unspecified atom stereocenters. The molecule has 0 amide bonds. The minimum Gasteiger partial charge on any atom is -0.349 e. The number of hydrogen-bond acceptors (Lipinski definition) is 3. The Bertz CT molecular complexity index is 316. The van der Waals surface area contributed by atoms with Crippen molar-refractivity contribution in [1.82, 2.24) is 0 Å². The van der Waals surface area contributed by atoms with E-state index in [4.69, 9.17) is 9.47 Å². The number of ether oxygens (including phenoxy) is 2. The zero-order valence-electron chi connectivity index (χ0n) is 8.61. The second-order valence-corrected chi connectivity index (χ2v) is 3.10. The number of hydrogen-bond donors (Lipinski definition) is 0. The van der Waals surface area contributed by atoms with Gasteiger partial charge in [0.05, 0.1) is 0 Å². The molecule has 0 atom stereocenters. The van der Waals surface area contributed by atoms with Gasteiger partial charge in [-0.25, -0.2) is 0 Å². The first kappa shape index (κ1) is 10.9. The number of aldehydes is 1. The van der Waals surface area contributed by atoms with Gasteiger partial charge >= 0.3 is 0 Å². The SMILES string of the molecule is COC(C)(OC)c1cccc(C=O)c1. The van der Waals surface area contributed by atoms with Crippen LogP contribution in [0.5, 0.6) is 0 Å². The predicted molar refractivity (Wildman–Crippen MR) is 53.2 cm³/mol. The lowest BCUT2D eigenvalue weighted by molar-refractivity contribution is -0.201. The third-order valence-corrected chi connectivity index (χ3v) is 2.33. The summed E-state index contributed by atoms with van der Waals surface area (Å²) in [5, 5.41) is 0. The zero-order chi connectivity index (χ0) is 10.6. The molecule has 0 N–H and O–H groups in total. The third kappa shape index (κ3) is 2.00. The van der Waals surface area contributed by atoms with E-state index in [2.05, 4.69) is 0 Å². The fraction of sp³-hybridized carbons (Fsp3) is 0.364. The number of carbonyl (C=O) groups is 1. The van der Waals surface area contributed by atoms with E-state index in [1.807, 2.05) is 6.07 Å². The van der Waals surface area contributed by atoms with Gasteiger partial charge in [0.15, 0.2) is 5.79 Å². The van der Waals surface area contributed by atoms with Crippen LogP contribution in [0.2, 0.25) is 0 Å². The average Bonchev–Trinajstić information content (AvgIpc) is 2.28. The number of methoxy groups -OCH3 is 2. The van der Waals surface area contributed by atoms with E-state index in [1.165, 1.54) is 0 Å². The maximum atomic E-state index is 10.6. The molecule has 76 valence electrons. The molecule has 0 radical (unpaired) electrons. The van der Waals surface area contributed by atoms with Crippen molar-refractivity contribution in [2.75, 3.05) is 14.2 Å². The summed E-state index contributed by atoms with van der Waals surface area (Å²) in [5.41, 5.74) is 1.44. The van der Waals surface area contributed by atoms with Crippen molar-refractivity contribution in [3.63, 3.8) is 0 Å². The van der Waals surface area contributed by atoms with Gasteiger partial charge in [0, 0.05) is 25.3 Å². The lowest BCUT2D eigenvalue weighted by Gasteiger charge is -2.26. The summed E-state index contributed by atoms with van der Waals surface area (Å²) in [6, 6.07) is 7.15. The molecule has 0 saturated carbocycles. The van der Waals surface area contributed by atoms with E-state index in [1.54, 1.807) is 39.3 Å². The first-order valence-electron chi connectivity index (χ1n) is 4.32. The van der Waals surface area contributed by atoms with Crippen LogP contribution in [0.1, 0.15) is 22.8 Å². The molecule has 0 aromatic heterocycles. The van der Waals surface area contributed by atoms with E-state index in [0.717, 1.165) is 11.8 Å². The predicted octanol–water partition coefficient (Wildman–Crippen LogP) is 1.96. The van der Waals surface area contributed by atoms with Crippen LogP contribution in [-0.4, -0.2) is 20.5 Å². The third-order valence-electron chi connectivity index (χ3n) is 2.33. The van der Waals surface area contributed by atoms with Crippen LogP contribution in [-0.2, 0) is 15.3 Å². The molecule has 0 aliphatic carbocycles. The van der Waals surface area contributed by atoms with Crippen LogP contribution in [0.3, 0.4) is 0 Å².